The van der Waals surface area contributed by atoms with Gasteiger partial charge in [-0.3, -0.25) is 9.59 Å². The van der Waals surface area contributed by atoms with Crippen LogP contribution in [0.15, 0.2) is 24.8 Å². The van der Waals surface area contributed by atoms with Crippen LogP contribution in [0.1, 0.15) is 103 Å². The van der Waals surface area contributed by atoms with E-state index >= 15 is 0 Å². The van der Waals surface area contributed by atoms with Gasteiger partial charge in [-0.2, -0.15) is 0 Å². The second-order valence-electron chi connectivity index (χ2n) is 9.45. The first kappa shape index (κ1) is 39.4. The summed E-state index contributed by atoms with van der Waals surface area (Å²) in [6, 6.07) is 0. The fourth-order valence-corrected chi connectivity index (χ4v) is 4.30. The molecule has 5 N–H and O–H groups in total. The highest BCUT2D eigenvalue weighted by atomic mass is 32.2. The minimum atomic E-state index is -5.12. The fraction of sp³-hybridized carbons (Fsp3) is 0.786. The first-order valence-electron chi connectivity index (χ1n) is 14.0. The van der Waals surface area contributed by atoms with Crippen molar-refractivity contribution in [2.75, 3.05) is 26.4 Å². The summed E-state index contributed by atoms with van der Waals surface area (Å²) in [7, 11) is -5.12. The molecule has 0 amide bonds. The van der Waals surface area contributed by atoms with Crippen molar-refractivity contribution in [3.63, 3.8) is 0 Å². The summed E-state index contributed by atoms with van der Waals surface area (Å²) in [4.78, 5) is 24.0. The van der Waals surface area contributed by atoms with Gasteiger partial charge >= 0.3 is 11.9 Å². The quantitative estimate of drug-likeness (QED) is 0.0591. The van der Waals surface area contributed by atoms with Gasteiger partial charge in [-0.25, -0.2) is 8.42 Å². The summed E-state index contributed by atoms with van der Waals surface area (Å²) < 4.78 is 49.0. The molecule has 0 aliphatic rings. The van der Waals surface area contributed by atoms with Crippen molar-refractivity contribution >= 4 is 22.1 Å². The van der Waals surface area contributed by atoms with Gasteiger partial charge in [0.25, 0.3) is 0 Å². The number of hydrogen-bond donors (Lipinski definition) is 2. The van der Waals surface area contributed by atoms with E-state index in [0.29, 0.717) is 6.42 Å². The first-order chi connectivity index (χ1) is 18.2. The monoisotopic (exact) mass is 579 g/mol. The van der Waals surface area contributed by atoms with Crippen LogP contribution in [0.3, 0.4) is 0 Å². The third-order valence-corrected chi connectivity index (χ3v) is 6.90. The molecule has 11 heteroatoms. The third-order valence-electron chi connectivity index (χ3n) is 5.85. The highest BCUT2D eigenvalue weighted by Crippen LogP contribution is 2.12. The molecule has 0 rings (SSSR count). The summed E-state index contributed by atoms with van der Waals surface area (Å²) in [5, 5.41) is 7.45. The van der Waals surface area contributed by atoms with Crippen molar-refractivity contribution in [2.24, 2.45) is 0 Å². The number of carbonyl (C=O) groups excluding carboxylic acids is 2. The van der Waals surface area contributed by atoms with Crippen LogP contribution in [0.4, 0.5) is 0 Å². The van der Waals surface area contributed by atoms with E-state index in [9.17, 15) is 27.7 Å². The number of ether oxygens (including phenoxy) is 3. The maximum Gasteiger partial charge on any atom is 0.323 e. The zero-order valence-electron chi connectivity index (χ0n) is 24.2. The van der Waals surface area contributed by atoms with Crippen LogP contribution < -0.4 is 6.15 Å². The second kappa shape index (κ2) is 26.4. The van der Waals surface area contributed by atoms with Gasteiger partial charge in [-0.15, -0.1) is 6.58 Å². The number of quaternary nitrogens is 1. The molecular weight excluding hydrogens is 526 g/mol. The van der Waals surface area contributed by atoms with Crippen LogP contribution >= 0.6 is 0 Å². The normalized spacial score (nSPS) is 13.0. The van der Waals surface area contributed by atoms with Crippen molar-refractivity contribution < 1.29 is 41.9 Å². The van der Waals surface area contributed by atoms with E-state index in [4.69, 9.17) is 14.2 Å². The summed E-state index contributed by atoms with van der Waals surface area (Å²) >= 11 is 0. The van der Waals surface area contributed by atoms with Crippen molar-refractivity contribution in [1.82, 2.24) is 6.15 Å². The lowest BCUT2D eigenvalue weighted by Gasteiger charge is -2.19. The molecule has 0 radical (unpaired) electrons. The SMILES string of the molecule is C=CCOCC(O)COC(=O)CC(C(=O)OCCCCCCCC/C=C\CCCCCCCC)S(=O)(=O)[O-].[NH4+]. The molecule has 0 aromatic carbocycles. The zero-order valence-corrected chi connectivity index (χ0v) is 25.0. The Hall–Kier alpha value is -1.79. The Kier molecular flexibility index (Phi) is 26.7. The predicted molar refractivity (Wildman–Crippen MR) is 152 cm³/mol. The van der Waals surface area contributed by atoms with Gasteiger partial charge in [-0.1, -0.05) is 82.9 Å². The lowest BCUT2D eigenvalue weighted by Crippen LogP contribution is -2.35. The summed E-state index contributed by atoms with van der Waals surface area (Å²) in [6.45, 7) is 5.26. The maximum absolute atomic E-state index is 12.1. The highest BCUT2D eigenvalue weighted by Gasteiger charge is 2.30. The lowest BCUT2D eigenvalue weighted by atomic mass is 10.1. The molecule has 0 aliphatic carbocycles. The van der Waals surface area contributed by atoms with Gasteiger partial charge < -0.3 is 30.0 Å². The largest absolute Gasteiger partial charge is 0.747 e. The van der Waals surface area contributed by atoms with E-state index in [1.165, 1.54) is 44.6 Å². The molecule has 0 saturated heterocycles. The Morgan fingerprint density at radius 1 is 0.872 bits per heavy atom. The molecule has 39 heavy (non-hydrogen) atoms. The number of esters is 2. The summed E-state index contributed by atoms with van der Waals surface area (Å²) in [5.74, 6) is -2.37. The van der Waals surface area contributed by atoms with E-state index in [0.717, 1.165) is 44.9 Å². The zero-order chi connectivity index (χ0) is 28.5. The van der Waals surface area contributed by atoms with Crippen LogP contribution in [0.2, 0.25) is 0 Å². The van der Waals surface area contributed by atoms with Crippen LogP contribution in [0.25, 0.3) is 0 Å². The smallest absolute Gasteiger partial charge is 0.323 e. The molecule has 230 valence electrons. The number of carbonyl (C=O) groups is 2. The van der Waals surface area contributed by atoms with Crippen molar-refractivity contribution in [3.8, 4) is 0 Å². The number of aliphatic hydroxyl groups excluding tert-OH is 1. The Morgan fingerprint density at radius 2 is 1.41 bits per heavy atom. The highest BCUT2D eigenvalue weighted by molar-refractivity contribution is 7.87. The predicted octanol–water partition coefficient (Wildman–Crippen LogP) is 5.35. The Balaban J connectivity index is 0. The molecule has 0 aliphatic heterocycles. The van der Waals surface area contributed by atoms with E-state index in [2.05, 4.69) is 25.7 Å². The maximum atomic E-state index is 12.1. The first-order valence-corrected chi connectivity index (χ1v) is 15.5. The van der Waals surface area contributed by atoms with Crippen molar-refractivity contribution in [1.29, 1.82) is 0 Å². The molecule has 2 unspecified atom stereocenters. The van der Waals surface area contributed by atoms with Crippen LogP contribution in [0, 0.1) is 0 Å². The third kappa shape index (κ3) is 25.0. The van der Waals surface area contributed by atoms with Gasteiger partial charge in [0.15, 0.2) is 5.25 Å². The van der Waals surface area contributed by atoms with E-state index in [-0.39, 0.29) is 26.0 Å². The van der Waals surface area contributed by atoms with Crippen LogP contribution in [-0.2, 0) is 33.9 Å². The van der Waals surface area contributed by atoms with Crippen molar-refractivity contribution in [2.45, 2.75) is 115 Å². The molecule has 10 nitrogen and oxygen atoms in total. The molecule has 2 atom stereocenters. The molecule has 0 heterocycles. The fourth-order valence-electron chi connectivity index (χ4n) is 3.65. The van der Waals surface area contributed by atoms with Crippen LogP contribution in [0.5, 0.6) is 0 Å². The average molecular weight is 580 g/mol. The molecule has 0 saturated carbocycles. The van der Waals surface area contributed by atoms with Gasteiger partial charge in [0.1, 0.15) is 22.8 Å². The Morgan fingerprint density at radius 3 is 1.95 bits per heavy atom. The standard InChI is InChI=1S/C28H50O9S.H3N/c1-3-5-6-7-8-9-10-11-12-13-14-15-16-17-18-19-21-36-28(31)26(38(32,33)34)22-27(30)37-24-25(29)23-35-20-4-2;/h4,11-12,25-26,29H,2-3,5-10,13-24H2,1H3,(H,32,33,34);1H3/b12-11-;. The topological polar surface area (TPSA) is 176 Å². The van der Waals surface area contributed by atoms with Crippen LogP contribution in [-0.4, -0.2) is 67.8 Å². The molecule has 0 bridgehead atoms. The molecule has 0 fully saturated rings. The molecule has 0 spiro atoms. The number of allylic oxidation sites excluding steroid dienone is 2. The van der Waals surface area contributed by atoms with E-state index in [1.54, 1.807) is 0 Å². The Labute approximate surface area is 235 Å². The van der Waals surface area contributed by atoms with E-state index < -0.39 is 46.4 Å². The molecule has 0 aromatic heterocycles. The average Bonchev–Trinajstić information content (AvgIpc) is 2.87. The lowest BCUT2D eigenvalue weighted by molar-refractivity contribution is -0.152. The number of rotatable bonds is 26. The van der Waals surface area contributed by atoms with Gasteiger partial charge in [0.05, 0.1) is 26.2 Å². The summed E-state index contributed by atoms with van der Waals surface area (Å²) in [5.41, 5.74) is 0. The van der Waals surface area contributed by atoms with Gasteiger partial charge in [-0.05, 0) is 32.1 Å². The minimum absolute atomic E-state index is 0. The summed E-state index contributed by atoms with van der Waals surface area (Å²) in [6.07, 6.45) is 19.7. The Bertz CT molecular complexity index is 756. The second-order valence-corrected chi connectivity index (χ2v) is 11.0. The minimum Gasteiger partial charge on any atom is -0.747 e. The molecular formula is C28H53NO9S. The number of hydrogen-bond acceptors (Lipinski definition) is 9. The number of unbranched alkanes of at least 4 members (excludes halogenated alkanes) is 12. The van der Waals surface area contributed by atoms with E-state index in [1.807, 2.05) is 0 Å². The number of aliphatic hydroxyl groups is 1. The van der Waals surface area contributed by atoms with Gasteiger partial charge in [0.2, 0.25) is 0 Å². The van der Waals surface area contributed by atoms with Gasteiger partial charge in [0, 0.05) is 0 Å². The molecule has 0 aromatic rings. The van der Waals surface area contributed by atoms with Crippen molar-refractivity contribution in [3.05, 3.63) is 24.8 Å².